The molecule has 0 bridgehead atoms. The summed E-state index contributed by atoms with van der Waals surface area (Å²) in [6.45, 7) is 8.99. The van der Waals surface area contributed by atoms with Crippen molar-refractivity contribution in [1.82, 2.24) is 20.0 Å². The lowest BCUT2D eigenvalue weighted by molar-refractivity contribution is -0.127. The lowest BCUT2D eigenvalue weighted by atomic mass is 10.2. The molecule has 1 amide bonds. The number of amides is 1. The third kappa shape index (κ3) is 2.87. The molecule has 0 radical (unpaired) electrons. The molecule has 0 saturated carbocycles. The van der Waals surface area contributed by atoms with Gasteiger partial charge in [0.05, 0.1) is 12.2 Å². The summed E-state index contributed by atoms with van der Waals surface area (Å²) in [5.74, 6) is 0.105. The van der Waals surface area contributed by atoms with Crippen LogP contribution in [-0.4, -0.2) is 38.7 Å². The molecule has 1 saturated heterocycles. The second-order valence-corrected chi connectivity index (χ2v) is 6.00. The molecule has 1 N–H and O–H groups in total. The van der Waals surface area contributed by atoms with Gasteiger partial charge in [0.25, 0.3) is 0 Å². The van der Waals surface area contributed by atoms with Gasteiger partial charge in [0.15, 0.2) is 0 Å². The number of hydrogen-bond acceptors (Lipinski definition) is 3. The molecule has 0 aromatic carbocycles. The minimum absolute atomic E-state index is 0.0699. The monoisotopic (exact) mass is 278 g/mol. The van der Waals surface area contributed by atoms with E-state index in [-0.39, 0.29) is 11.9 Å². The number of likely N-dealkylation sites (tertiary alicyclic amines) is 1. The van der Waals surface area contributed by atoms with Crippen LogP contribution < -0.4 is 5.32 Å². The van der Waals surface area contributed by atoms with Crippen LogP contribution in [0, 0.1) is 6.92 Å². The quantitative estimate of drug-likeness (QED) is 0.910. The maximum atomic E-state index is 12.3. The van der Waals surface area contributed by atoms with Crippen LogP contribution in [-0.2, 0) is 18.4 Å². The molecule has 3 unspecified atom stereocenters. The molecule has 1 fully saturated rings. The zero-order valence-electron chi connectivity index (χ0n) is 13.2. The Kier molecular flexibility index (Phi) is 4.48. The van der Waals surface area contributed by atoms with Gasteiger partial charge >= 0.3 is 0 Å². The summed E-state index contributed by atoms with van der Waals surface area (Å²) in [6.07, 6.45) is 4.18. The van der Waals surface area contributed by atoms with Gasteiger partial charge in [-0.25, -0.2) is 0 Å². The van der Waals surface area contributed by atoms with Crippen molar-refractivity contribution < 1.29 is 4.79 Å². The van der Waals surface area contributed by atoms with Crippen LogP contribution in [0.1, 0.15) is 44.9 Å². The average Bonchev–Trinajstić information content (AvgIpc) is 2.91. The van der Waals surface area contributed by atoms with Crippen LogP contribution in [0.3, 0.4) is 0 Å². The lowest BCUT2D eigenvalue weighted by Gasteiger charge is -2.31. The molecule has 1 aromatic rings. The number of hydrogen-bond donors (Lipinski definition) is 1. The maximum Gasteiger partial charge on any atom is 0.237 e. The molecule has 3 atom stereocenters. The van der Waals surface area contributed by atoms with Crippen LogP contribution in [0.25, 0.3) is 0 Å². The van der Waals surface area contributed by atoms with Gasteiger partial charge in [-0.3, -0.25) is 14.4 Å². The molecule has 2 rings (SSSR count). The molecule has 0 spiro atoms. The predicted octanol–water partition coefficient (Wildman–Crippen LogP) is 1.61. The van der Waals surface area contributed by atoms with Crippen molar-refractivity contribution >= 4 is 5.91 Å². The third-order valence-electron chi connectivity index (χ3n) is 4.64. The fourth-order valence-electron chi connectivity index (χ4n) is 3.16. The molecule has 0 aliphatic carbocycles. The Morgan fingerprint density at radius 1 is 1.45 bits per heavy atom. The molecule has 2 heterocycles. The zero-order chi connectivity index (χ0) is 14.9. The largest absolute Gasteiger partial charge is 0.351 e. The molecule has 5 nitrogen and oxygen atoms in total. The molecular weight excluding hydrogens is 252 g/mol. The maximum absolute atomic E-state index is 12.3. The van der Waals surface area contributed by atoms with Crippen molar-refractivity contribution in [3.05, 3.63) is 17.5 Å². The summed E-state index contributed by atoms with van der Waals surface area (Å²) in [4.78, 5) is 14.7. The smallest absolute Gasteiger partial charge is 0.237 e. The fourth-order valence-corrected chi connectivity index (χ4v) is 3.16. The molecule has 1 aliphatic heterocycles. The summed E-state index contributed by atoms with van der Waals surface area (Å²) in [5, 5.41) is 7.23. The van der Waals surface area contributed by atoms with E-state index in [1.54, 1.807) is 0 Å². The number of rotatable bonds is 4. The Morgan fingerprint density at radius 3 is 2.55 bits per heavy atom. The van der Waals surface area contributed by atoms with Crippen molar-refractivity contribution in [2.24, 2.45) is 7.05 Å². The van der Waals surface area contributed by atoms with Crippen molar-refractivity contribution in [3.63, 3.8) is 0 Å². The van der Waals surface area contributed by atoms with E-state index in [2.05, 4.69) is 29.2 Å². The van der Waals surface area contributed by atoms with Gasteiger partial charge in [0.1, 0.15) is 0 Å². The van der Waals surface area contributed by atoms with Crippen LogP contribution in [0.2, 0.25) is 0 Å². The number of nitrogens with zero attached hydrogens (tertiary/aromatic N) is 3. The third-order valence-corrected chi connectivity index (χ3v) is 4.64. The topological polar surface area (TPSA) is 50.2 Å². The van der Waals surface area contributed by atoms with Crippen molar-refractivity contribution in [1.29, 1.82) is 0 Å². The number of carbonyl (C=O) groups is 1. The van der Waals surface area contributed by atoms with Gasteiger partial charge in [0.2, 0.25) is 5.91 Å². The van der Waals surface area contributed by atoms with Gasteiger partial charge in [0, 0.05) is 36.9 Å². The number of nitrogens with one attached hydrogen (secondary N) is 1. The van der Waals surface area contributed by atoms with Crippen LogP contribution in [0.15, 0.2) is 6.20 Å². The highest BCUT2D eigenvalue weighted by molar-refractivity contribution is 5.81. The number of aryl methyl sites for hydroxylation is 1. The molecule has 1 aliphatic rings. The SMILES string of the molecule is Cc1c(CNC(=O)C(C)N2C(C)CCC2C)cnn1C. The minimum Gasteiger partial charge on any atom is -0.351 e. The van der Waals surface area contributed by atoms with E-state index < -0.39 is 0 Å². The summed E-state index contributed by atoms with van der Waals surface area (Å²) >= 11 is 0. The van der Waals surface area contributed by atoms with Gasteiger partial charge in [-0.05, 0) is 40.5 Å². The van der Waals surface area contributed by atoms with E-state index >= 15 is 0 Å². The van der Waals surface area contributed by atoms with E-state index in [0.29, 0.717) is 18.6 Å². The number of carbonyl (C=O) groups excluding carboxylic acids is 1. The first kappa shape index (κ1) is 15.0. The van der Waals surface area contributed by atoms with Crippen molar-refractivity contribution in [2.45, 2.75) is 65.2 Å². The molecule has 1 aromatic heterocycles. The Balaban J connectivity index is 1.93. The molecule has 20 heavy (non-hydrogen) atoms. The van der Waals surface area contributed by atoms with Gasteiger partial charge in [-0.15, -0.1) is 0 Å². The summed E-state index contributed by atoms with van der Waals surface area (Å²) in [5.41, 5.74) is 2.18. The molecule has 5 heteroatoms. The van der Waals surface area contributed by atoms with Gasteiger partial charge in [-0.1, -0.05) is 0 Å². The van der Waals surface area contributed by atoms with E-state index in [0.717, 1.165) is 11.3 Å². The van der Waals surface area contributed by atoms with Crippen LogP contribution in [0.4, 0.5) is 0 Å². The first-order chi connectivity index (χ1) is 9.41. The van der Waals surface area contributed by atoms with Crippen molar-refractivity contribution in [3.8, 4) is 0 Å². The van der Waals surface area contributed by atoms with Gasteiger partial charge in [-0.2, -0.15) is 5.10 Å². The second kappa shape index (κ2) is 5.95. The minimum atomic E-state index is -0.0699. The van der Waals surface area contributed by atoms with Crippen molar-refractivity contribution in [2.75, 3.05) is 0 Å². The summed E-state index contributed by atoms with van der Waals surface area (Å²) in [6, 6.07) is 0.913. The fraction of sp³-hybridized carbons (Fsp3) is 0.733. The highest BCUT2D eigenvalue weighted by Crippen LogP contribution is 2.25. The summed E-state index contributed by atoms with van der Waals surface area (Å²) in [7, 11) is 1.91. The average molecular weight is 278 g/mol. The summed E-state index contributed by atoms with van der Waals surface area (Å²) < 4.78 is 1.83. The van der Waals surface area contributed by atoms with Crippen LogP contribution >= 0.6 is 0 Å². The van der Waals surface area contributed by atoms with E-state index in [4.69, 9.17) is 0 Å². The highest BCUT2D eigenvalue weighted by atomic mass is 16.2. The Hall–Kier alpha value is -1.36. The van der Waals surface area contributed by atoms with E-state index in [9.17, 15) is 4.79 Å². The highest BCUT2D eigenvalue weighted by Gasteiger charge is 2.34. The van der Waals surface area contributed by atoms with Gasteiger partial charge < -0.3 is 5.32 Å². The number of aromatic nitrogens is 2. The van der Waals surface area contributed by atoms with E-state index in [1.807, 2.05) is 31.8 Å². The Labute approximate surface area is 121 Å². The Morgan fingerprint density at radius 2 is 2.05 bits per heavy atom. The first-order valence-corrected chi connectivity index (χ1v) is 7.44. The van der Waals surface area contributed by atoms with Crippen LogP contribution in [0.5, 0.6) is 0 Å². The molecule has 112 valence electrons. The second-order valence-electron chi connectivity index (χ2n) is 6.00. The Bertz CT molecular complexity index is 472. The first-order valence-electron chi connectivity index (χ1n) is 7.44. The molecular formula is C15H26N4O. The lowest BCUT2D eigenvalue weighted by Crippen LogP contribution is -2.48. The zero-order valence-corrected chi connectivity index (χ0v) is 13.2. The normalized spacial score (nSPS) is 24.9. The standard InChI is InChI=1S/C15H26N4O/c1-10-6-7-11(2)19(10)13(4)15(20)16-8-14-9-17-18(5)12(14)3/h9-11,13H,6-8H2,1-5H3,(H,16,20). The van der Waals surface area contributed by atoms with E-state index in [1.165, 1.54) is 12.8 Å². The predicted molar refractivity (Wildman–Crippen MR) is 79.3 cm³/mol.